The van der Waals surface area contributed by atoms with E-state index in [-0.39, 0.29) is 0 Å². The summed E-state index contributed by atoms with van der Waals surface area (Å²) in [6, 6.07) is 0.324. The van der Waals surface area contributed by atoms with E-state index in [1.54, 1.807) is 0 Å². The number of aromatic nitrogens is 4. The Balaban J connectivity index is 1.47. The van der Waals surface area contributed by atoms with Crippen molar-refractivity contribution in [3.8, 4) is 11.3 Å². The molecule has 2 aromatic heterocycles. The Bertz CT molecular complexity index is 692. The Kier molecular flexibility index (Phi) is 5.42. The van der Waals surface area contributed by atoms with Gasteiger partial charge in [0.2, 0.25) is 5.95 Å². The number of anilines is 1. The molecule has 0 radical (unpaired) electrons. The first kappa shape index (κ1) is 17.4. The summed E-state index contributed by atoms with van der Waals surface area (Å²) >= 11 is 0. The molecule has 2 aromatic rings. The number of morpholine rings is 2. The Labute approximate surface area is 153 Å². The lowest BCUT2D eigenvalue weighted by Crippen LogP contribution is -2.39. The predicted molar refractivity (Wildman–Crippen MR) is 98.3 cm³/mol. The first-order valence-electron chi connectivity index (χ1n) is 9.28. The zero-order valence-electron chi connectivity index (χ0n) is 15.3. The Morgan fingerprint density at radius 3 is 2.31 bits per heavy atom. The van der Waals surface area contributed by atoms with Gasteiger partial charge in [-0.25, -0.2) is 15.0 Å². The molecular weight excluding hydrogens is 332 g/mol. The third kappa shape index (κ3) is 3.87. The van der Waals surface area contributed by atoms with Gasteiger partial charge in [0.25, 0.3) is 0 Å². The summed E-state index contributed by atoms with van der Waals surface area (Å²) in [6.07, 6.45) is 7.58. The molecule has 2 aliphatic heterocycles. The number of rotatable bonds is 5. The molecule has 8 heteroatoms. The Morgan fingerprint density at radius 2 is 1.62 bits per heavy atom. The summed E-state index contributed by atoms with van der Waals surface area (Å²) in [5.74, 6) is 0.768. The van der Waals surface area contributed by atoms with Gasteiger partial charge >= 0.3 is 0 Å². The molecule has 4 heterocycles. The third-order valence-corrected chi connectivity index (χ3v) is 4.99. The van der Waals surface area contributed by atoms with Gasteiger partial charge in [-0.15, -0.1) is 0 Å². The first-order chi connectivity index (χ1) is 12.8. The van der Waals surface area contributed by atoms with Gasteiger partial charge in [-0.3, -0.25) is 4.90 Å². The van der Waals surface area contributed by atoms with Crippen molar-refractivity contribution in [3.63, 3.8) is 0 Å². The lowest BCUT2D eigenvalue weighted by molar-refractivity contribution is 0.0326. The van der Waals surface area contributed by atoms with Crippen molar-refractivity contribution in [1.29, 1.82) is 0 Å². The number of hydrogen-bond acceptors (Lipinski definition) is 7. The smallest absolute Gasteiger partial charge is 0.225 e. The van der Waals surface area contributed by atoms with E-state index in [4.69, 9.17) is 9.47 Å². The minimum absolute atomic E-state index is 0.324. The lowest BCUT2D eigenvalue weighted by Gasteiger charge is -2.30. The molecule has 4 rings (SSSR count). The molecule has 0 unspecified atom stereocenters. The topological polar surface area (TPSA) is 68.5 Å². The molecule has 0 spiro atoms. The van der Waals surface area contributed by atoms with Crippen molar-refractivity contribution >= 4 is 5.95 Å². The quantitative estimate of drug-likeness (QED) is 0.792. The molecular formula is C18H26N6O2. The second-order valence-electron chi connectivity index (χ2n) is 6.82. The summed E-state index contributed by atoms with van der Waals surface area (Å²) in [5, 5.41) is 0. The molecule has 1 atom stereocenters. The van der Waals surface area contributed by atoms with Gasteiger partial charge in [-0.05, 0) is 6.92 Å². The molecule has 0 N–H and O–H groups in total. The largest absolute Gasteiger partial charge is 0.379 e. The molecule has 0 aromatic carbocycles. The molecule has 2 saturated heterocycles. The van der Waals surface area contributed by atoms with Gasteiger partial charge in [-0.1, -0.05) is 0 Å². The highest BCUT2D eigenvalue weighted by Crippen LogP contribution is 2.23. The molecule has 8 nitrogen and oxygen atoms in total. The lowest BCUT2D eigenvalue weighted by atomic mass is 10.2. The fourth-order valence-corrected chi connectivity index (χ4v) is 3.50. The molecule has 2 aliphatic rings. The Morgan fingerprint density at radius 1 is 0.962 bits per heavy atom. The highest BCUT2D eigenvalue weighted by atomic mass is 16.5. The predicted octanol–water partition coefficient (Wildman–Crippen LogP) is 1.07. The number of ether oxygens (including phenoxy) is 2. The van der Waals surface area contributed by atoms with E-state index in [1.807, 2.05) is 24.9 Å². The third-order valence-electron chi connectivity index (χ3n) is 4.99. The van der Waals surface area contributed by atoms with Crippen LogP contribution < -0.4 is 4.90 Å². The zero-order chi connectivity index (χ0) is 17.8. The summed E-state index contributed by atoms with van der Waals surface area (Å²) in [4.78, 5) is 18.1. The average molecular weight is 358 g/mol. The maximum atomic E-state index is 5.44. The van der Waals surface area contributed by atoms with Crippen LogP contribution in [0.4, 0.5) is 5.95 Å². The van der Waals surface area contributed by atoms with Crippen LogP contribution in [-0.4, -0.2) is 83.6 Å². The molecule has 0 saturated carbocycles. The monoisotopic (exact) mass is 358 g/mol. The zero-order valence-corrected chi connectivity index (χ0v) is 15.3. The number of imidazole rings is 1. The minimum atomic E-state index is 0.324. The van der Waals surface area contributed by atoms with Gasteiger partial charge in [-0.2, -0.15) is 0 Å². The van der Waals surface area contributed by atoms with E-state index < -0.39 is 0 Å². The standard InChI is InChI=1S/C18H26N6O2/c1-15(13-22-2-6-25-7-3-22)24-14-19-12-17(24)16-10-20-18(21-11-16)23-4-8-26-9-5-23/h10-12,14-15H,2-9,13H2,1H3/t15-/m0/s1. The van der Waals surface area contributed by atoms with E-state index in [1.165, 1.54) is 0 Å². The van der Waals surface area contributed by atoms with Gasteiger partial charge in [0, 0.05) is 56.7 Å². The fraction of sp³-hybridized carbons (Fsp3) is 0.611. The summed E-state index contributed by atoms with van der Waals surface area (Å²) in [5.41, 5.74) is 2.05. The first-order valence-corrected chi connectivity index (χ1v) is 9.28. The van der Waals surface area contributed by atoms with Crippen LogP contribution in [0, 0.1) is 0 Å². The highest BCUT2D eigenvalue weighted by molar-refractivity contribution is 5.57. The van der Waals surface area contributed by atoms with Crippen LogP contribution in [0.15, 0.2) is 24.9 Å². The van der Waals surface area contributed by atoms with E-state index >= 15 is 0 Å². The van der Waals surface area contributed by atoms with Crippen LogP contribution in [0.5, 0.6) is 0 Å². The normalized spacial score (nSPS) is 20.3. The van der Waals surface area contributed by atoms with Crippen molar-refractivity contribution in [3.05, 3.63) is 24.9 Å². The second kappa shape index (κ2) is 8.11. The maximum Gasteiger partial charge on any atom is 0.225 e. The van der Waals surface area contributed by atoms with Crippen LogP contribution >= 0.6 is 0 Å². The molecule has 140 valence electrons. The van der Waals surface area contributed by atoms with Crippen LogP contribution in [-0.2, 0) is 9.47 Å². The number of hydrogen-bond donors (Lipinski definition) is 0. The van der Waals surface area contributed by atoms with E-state index in [9.17, 15) is 0 Å². The van der Waals surface area contributed by atoms with E-state index in [0.717, 1.165) is 76.4 Å². The second-order valence-corrected chi connectivity index (χ2v) is 6.82. The SMILES string of the molecule is C[C@@H](CN1CCOCC1)n1cncc1-c1cnc(N2CCOCC2)nc1. The van der Waals surface area contributed by atoms with E-state index in [2.05, 4.69) is 36.2 Å². The fourth-order valence-electron chi connectivity index (χ4n) is 3.50. The van der Waals surface area contributed by atoms with Crippen LogP contribution in [0.2, 0.25) is 0 Å². The molecule has 0 bridgehead atoms. The molecule has 26 heavy (non-hydrogen) atoms. The molecule has 0 aliphatic carbocycles. The molecule has 0 amide bonds. The average Bonchev–Trinajstić information content (AvgIpc) is 3.20. The van der Waals surface area contributed by atoms with Crippen LogP contribution in [0.25, 0.3) is 11.3 Å². The Hall–Kier alpha value is -2.03. The van der Waals surface area contributed by atoms with Gasteiger partial charge in [0.05, 0.1) is 44.6 Å². The van der Waals surface area contributed by atoms with Crippen molar-refractivity contribution in [2.24, 2.45) is 0 Å². The summed E-state index contributed by atoms with van der Waals surface area (Å²) in [7, 11) is 0. The van der Waals surface area contributed by atoms with Crippen LogP contribution in [0.1, 0.15) is 13.0 Å². The maximum absolute atomic E-state index is 5.44. The molecule has 2 fully saturated rings. The van der Waals surface area contributed by atoms with Crippen molar-refractivity contribution in [2.45, 2.75) is 13.0 Å². The van der Waals surface area contributed by atoms with Crippen molar-refractivity contribution < 1.29 is 9.47 Å². The van der Waals surface area contributed by atoms with Crippen molar-refractivity contribution in [1.82, 2.24) is 24.4 Å². The minimum Gasteiger partial charge on any atom is -0.379 e. The van der Waals surface area contributed by atoms with Gasteiger partial charge in [0.15, 0.2) is 0 Å². The highest BCUT2D eigenvalue weighted by Gasteiger charge is 2.18. The van der Waals surface area contributed by atoms with Gasteiger partial charge < -0.3 is 18.9 Å². The van der Waals surface area contributed by atoms with Crippen molar-refractivity contribution in [2.75, 3.05) is 64.1 Å². The summed E-state index contributed by atoms with van der Waals surface area (Å²) in [6.45, 7) is 9.98. The van der Waals surface area contributed by atoms with Crippen LogP contribution in [0.3, 0.4) is 0 Å². The summed E-state index contributed by atoms with van der Waals surface area (Å²) < 4.78 is 13.0. The van der Waals surface area contributed by atoms with E-state index in [0.29, 0.717) is 6.04 Å². The number of nitrogens with zero attached hydrogens (tertiary/aromatic N) is 6. The van der Waals surface area contributed by atoms with Gasteiger partial charge in [0.1, 0.15) is 0 Å².